The maximum Gasteiger partial charge on any atom is 0.101 e. The first-order valence-electron chi connectivity index (χ1n) is 5.55. The summed E-state index contributed by atoms with van der Waals surface area (Å²) < 4.78 is 7.74. The van der Waals surface area contributed by atoms with Crippen molar-refractivity contribution in [1.82, 2.24) is 0 Å². The molecule has 0 amide bonds. The molecule has 0 heterocycles. The third-order valence-electron chi connectivity index (χ3n) is 3.27. The van der Waals surface area contributed by atoms with Gasteiger partial charge in [0.05, 0.1) is 6.26 Å². The smallest absolute Gasteiger partial charge is 0.101 e. The lowest BCUT2D eigenvalue weighted by Gasteiger charge is -2.36. The second-order valence-electron chi connectivity index (χ2n) is 4.76. The molecular weight excluding hydrogens is 287 g/mol. The highest BCUT2D eigenvalue weighted by Gasteiger charge is 2.31. The van der Waals surface area contributed by atoms with Crippen molar-refractivity contribution in [3.8, 4) is 0 Å². The summed E-state index contributed by atoms with van der Waals surface area (Å²) in [5, 5.41) is 0. The molecule has 0 bridgehead atoms. The van der Waals surface area contributed by atoms with Crippen LogP contribution in [0.3, 0.4) is 0 Å². The van der Waals surface area contributed by atoms with Gasteiger partial charge < -0.3 is 4.74 Å². The Morgan fingerprint density at radius 1 is 1.36 bits per heavy atom. The van der Waals surface area contributed by atoms with Crippen LogP contribution in [-0.4, -0.2) is 6.10 Å². The molecule has 1 saturated carbocycles. The van der Waals surface area contributed by atoms with Gasteiger partial charge in [0.25, 0.3) is 0 Å². The molecule has 0 aromatic carbocycles. The van der Waals surface area contributed by atoms with Gasteiger partial charge in [0.2, 0.25) is 0 Å². The molecule has 14 heavy (non-hydrogen) atoms. The van der Waals surface area contributed by atoms with Crippen molar-refractivity contribution in [1.29, 1.82) is 0 Å². The second-order valence-corrected chi connectivity index (χ2v) is 5.48. The summed E-state index contributed by atoms with van der Waals surface area (Å²) in [4.78, 5) is 0. The average Bonchev–Trinajstić information content (AvgIpc) is 2.14. The fourth-order valence-electron chi connectivity index (χ4n) is 2.40. The Balaban J connectivity index is 2.54. The number of halogens is 1. The summed E-state index contributed by atoms with van der Waals surface area (Å²) in [7, 11) is 0. The molecule has 0 aliphatic heterocycles. The van der Waals surface area contributed by atoms with E-state index < -0.39 is 0 Å². The van der Waals surface area contributed by atoms with Crippen LogP contribution in [0.1, 0.15) is 40.0 Å². The van der Waals surface area contributed by atoms with E-state index in [1.165, 1.54) is 19.3 Å². The van der Waals surface area contributed by atoms with Gasteiger partial charge >= 0.3 is 0 Å². The van der Waals surface area contributed by atoms with Crippen molar-refractivity contribution in [3.63, 3.8) is 0 Å². The van der Waals surface area contributed by atoms with Crippen LogP contribution in [-0.2, 0) is 4.74 Å². The second kappa shape index (κ2) is 5.99. The third-order valence-corrected chi connectivity index (χ3v) is 3.56. The van der Waals surface area contributed by atoms with Crippen LogP contribution in [0, 0.1) is 17.8 Å². The van der Waals surface area contributed by atoms with Gasteiger partial charge in [-0.1, -0.05) is 27.2 Å². The molecule has 0 unspecified atom stereocenters. The van der Waals surface area contributed by atoms with E-state index in [0.29, 0.717) is 6.10 Å². The first-order chi connectivity index (χ1) is 6.65. The third kappa shape index (κ3) is 3.44. The van der Waals surface area contributed by atoms with Crippen LogP contribution in [0.2, 0.25) is 0 Å². The van der Waals surface area contributed by atoms with E-state index in [0.717, 1.165) is 17.8 Å². The Labute approximate surface area is 101 Å². The zero-order valence-corrected chi connectivity index (χ0v) is 11.5. The number of rotatable bonds is 3. The molecule has 2 heteroatoms. The quantitative estimate of drug-likeness (QED) is 0.556. The van der Waals surface area contributed by atoms with Gasteiger partial charge in [0, 0.05) is 4.08 Å². The van der Waals surface area contributed by atoms with Crippen molar-refractivity contribution in [2.45, 2.75) is 46.1 Å². The molecule has 1 fully saturated rings. The SMILES string of the molecule is CC(C)[C@@H]1CC[C@@H](C)C[C@H]1O/C=C\I. The fourth-order valence-corrected chi connectivity index (χ4v) is 2.57. The number of hydrogen-bond acceptors (Lipinski definition) is 1. The predicted octanol–water partition coefficient (Wildman–Crippen LogP) is 4.37. The van der Waals surface area contributed by atoms with Crippen LogP contribution < -0.4 is 0 Å². The predicted molar refractivity (Wildman–Crippen MR) is 69.4 cm³/mol. The summed E-state index contributed by atoms with van der Waals surface area (Å²) in [6, 6.07) is 0. The molecular formula is C12H21IO. The van der Waals surface area contributed by atoms with Gasteiger partial charge in [-0.2, -0.15) is 0 Å². The maximum atomic E-state index is 5.79. The molecule has 0 N–H and O–H groups in total. The fraction of sp³-hybridized carbons (Fsp3) is 0.833. The topological polar surface area (TPSA) is 9.23 Å². The van der Waals surface area contributed by atoms with Crippen LogP contribution in [0.5, 0.6) is 0 Å². The molecule has 0 spiro atoms. The van der Waals surface area contributed by atoms with E-state index in [1.54, 1.807) is 0 Å². The summed E-state index contributed by atoms with van der Waals surface area (Å²) in [5.41, 5.74) is 0. The molecule has 3 atom stereocenters. The van der Waals surface area contributed by atoms with Gasteiger partial charge in [0.15, 0.2) is 0 Å². The summed E-state index contributed by atoms with van der Waals surface area (Å²) in [6.45, 7) is 6.95. The Morgan fingerprint density at radius 3 is 2.64 bits per heavy atom. The molecule has 0 aromatic rings. The van der Waals surface area contributed by atoms with Crippen molar-refractivity contribution < 1.29 is 4.74 Å². The first-order valence-corrected chi connectivity index (χ1v) is 6.80. The van der Waals surface area contributed by atoms with Crippen molar-refractivity contribution in [2.24, 2.45) is 17.8 Å². The minimum absolute atomic E-state index is 0.449. The lowest BCUT2D eigenvalue weighted by Crippen LogP contribution is -2.33. The van der Waals surface area contributed by atoms with E-state index in [9.17, 15) is 0 Å². The monoisotopic (exact) mass is 308 g/mol. The van der Waals surface area contributed by atoms with Gasteiger partial charge in [-0.3, -0.25) is 0 Å². The highest BCUT2D eigenvalue weighted by molar-refractivity contribution is 14.1. The van der Waals surface area contributed by atoms with E-state index in [2.05, 4.69) is 43.4 Å². The standard InChI is InChI=1S/C12H21IO/c1-9(2)11-5-4-10(3)8-12(11)14-7-6-13/h6-7,9-12H,4-5,8H2,1-3H3/b7-6-/t10-,11+,12-/m1/s1. The minimum Gasteiger partial charge on any atom is -0.497 e. The van der Waals surface area contributed by atoms with Gasteiger partial charge in [-0.05, 0) is 53.2 Å². The molecule has 1 nitrogen and oxygen atoms in total. The molecule has 1 aliphatic carbocycles. The van der Waals surface area contributed by atoms with Gasteiger partial charge in [-0.25, -0.2) is 0 Å². The Hall–Kier alpha value is 0.270. The maximum absolute atomic E-state index is 5.79. The zero-order chi connectivity index (χ0) is 10.6. The van der Waals surface area contributed by atoms with Crippen LogP contribution in [0.25, 0.3) is 0 Å². The number of hydrogen-bond donors (Lipinski definition) is 0. The number of ether oxygens (including phenoxy) is 1. The summed E-state index contributed by atoms with van der Waals surface area (Å²) in [5.74, 6) is 2.33. The van der Waals surface area contributed by atoms with Crippen molar-refractivity contribution >= 4 is 22.6 Å². The molecule has 0 aromatic heterocycles. The Kier molecular flexibility index (Phi) is 5.28. The van der Waals surface area contributed by atoms with Crippen LogP contribution in [0.15, 0.2) is 10.3 Å². The van der Waals surface area contributed by atoms with Crippen molar-refractivity contribution in [2.75, 3.05) is 0 Å². The molecule has 1 aliphatic rings. The largest absolute Gasteiger partial charge is 0.497 e. The lowest BCUT2D eigenvalue weighted by molar-refractivity contribution is 0.0139. The van der Waals surface area contributed by atoms with Crippen LogP contribution in [0.4, 0.5) is 0 Å². The Morgan fingerprint density at radius 2 is 2.07 bits per heavy atom. The van der Waals surface area contributed by atoms with Gasteiger partial charge in [-0.15, -0.1) is 0 Å². The van der Waals surface area contributed by atoms with E-state index in [-0.39, 0.29) is 0 Å². The minimum atomic E-state index is 0.449. The normalized spacial score (nSPS) is 33.9. The first kappa shape index (κ1) is 12.3. The summed E-state index contributed by atoms with van der Waals surface area (Å²) in [6.07, 6.45) is 6.22. The van der Waals surface area contributed by atoms with Gasteiger partial charge in [0.1, 0.15) is 6.10 Å². The zero-order valence-electron chi connectivity index (χ0n) is 9.37. The molecule has 0 saturated heterocycles. The average molecular weight is 308 g/mol. The van der Waals surface area contributed by atoms with Crippen LogP contribution >= 0.6 is 22.6 Å². The summed E-state index contributed by atoms with van der Waals surface area (Å²) >= 11 is 2.21. The molecule has 82 valence electrons. The lowest BCUT2D eigenvalue weighted by atomic mass is 9.75. The molecule has 1 rings (SSSR count). The molecule has 0 radical (unpaired) electrons. The highest BCUT2D eigenvalue weighted by atomic mass is 127. The van der Waals surface area contributed by atoms with E-state index >= 15 is 0 Å². The highest BCUT2D eigenvalue weighted by Crippen LogP contribution is 2.35. The van der Waals surface area contributed by atoms with E-state index in [1.807, 2.05) is 10.3 Å². The van der Waals surface area contributed by atoms with Crippen molar-refractivity contribution in [3.05, 3.63) is 10.3 Å². The Bertz CT molecular complexity index is 189. The van der Waals surface area contributed by atoms with E-state index in [4.69, 9.17) is 4.74 Å².